The number of benzene rings is 1. The van der Waals surface area contributed by atoms with Crippen molar-refractivity contribution < 1.29 is 23.1 Å². The molecule has 0 atom stereocenters. The van der Waals surface area contributed by atoms with Crippen molar-refractivity contribution in [2.75, 3.05) is 5.75 Å². The highest BCUT2D eigenvalue weighted by atomic mass is 32.2. The van der Waals surface area contributed by atoms with Crippen molar-refractivity contribution >= 4 is 17.7 Å². The molecule has 0 spiro atoms. The van der Waals surface area contributed by atoms with E-state index in [0.29, 0.717) is 11.8 Å². The summed E-state index contributed by atoms with van der Waals surface area (Å²) < 4.78 is 37.2. The van der Waals surface area contributed by atoms with Crippen LogP contribution in [-0.2, 0) is 11.0 Å². The summed E-state index contributed by atoms with van der Waals surface area (Å²) >= 11 is 0.662. The predicted octanol–water partition coefficient (Wildman–Crippen LogP) is 2.88. The zero-order chi connectivity index (χ0) is 11.5. The van der Waals surface area contributed by atoms with Gasteiger partial charge in [-0.25, -0.2) is 0 Å². The maximum absolute atomic E-state index is 12.4. The van der Waals surface area contributed by atoms with Crippen molar-refractivity contribution in [1.82, 2.24) is 0 Å². The molecule has 0 aliphatic heterocycles. The van der Waals surface area contributed by atoms with Crippen LogP contribution >= 0.6 is 11.8 Å². The van der Waals surface area contributed by atoms with Crippen molar-refractivity contribution in [2.24, 2.45) is 0 Å². The number of thioether (sulfide) groups is 1. The summed E-state index contributed by atoms with van der Waals surface area (Å²) in [5.74, 6) is -1.52. The van der Waals surface area contributed by atoms with E-state index in [-0.39, 0.29) is 10.6 Å². The van der Waals surface area contributed by atoms with Gasteiger partial charge in [0.1, 0.15) is 0 Å². The van der Waals surface area contributed by atoms with Crippen molar-refractivity contribution in [3.63, 3.8) is 0 Å². The number of alkyl halides is 3. The number of carboxylic acid groups (broad SMARTS) is 1. The molecule has 0 radical (unpaired) electrons. The molecule has 0 saturated carbocycles. The average Bonchev–Trinajstić information content (AvgIpc) is 2.13. The summed E-state index contributed by atoms with van der Waals surface area (Å²) in [4.78, 5) is 10.2. The van der Waals surface area contributed by atoms with Crippen LogP contribution < -0.4 is 0 Å². The molecule has 0 fully saturated rings. The van der Waals surface area contributed by atoms with Crippen LogP contribution in [0.15, 0.2) is 29.2 Å². The van der Waals surface area contributed by atoms with Gasteiger partial charge in [-0.1, -0.05) is 12.1 Å². The van der Waals surface area contributed by atoms with Gasteiger partial charge in [0, 0.05) is 4.90 Å². The molecule has 0 amide bonds. The first kappa shape index (κ1) is 11.9. The molecule has 0 unspecified atom stereocenters. The van der Waals surface area contributed by atoms with E-state index in [1.807, 2.05) is 0 Å². The third kappa shape index (κ3) is 3.47. The first-order valence-electron chi connectivity index (χ1n) is 3.92. The minimum atomic E-state index is -4.44. The second-order valence-electron chi connectivity index (χ2n) is 2.68. The Morgan fingerprint density at radius 1 is 1.33 bits per heavy atom. The molecular weight excluding hydrogens is 229 g/mol. The smallest absolute Gasteiger partial charge is 0.417 e. The molecule has 1 rings (SSSR count). The van der Waals surface area contributed by atoms with Crippen molar-refractivity contribution in [3.05, 3.63) is 29.8 Å². The van der Waals surface area contributed by atoms with E-state index in [1.54, 1.807) is 0 Å². The van der Waals surface area contributed by atoms with Crippen molar-refractivity contribution in [2.45, 2.75) is 11.1 Å². The first-order chi connectivity index (χ1) is 6.91. The van der Waals surface area contributed by atoms with Crippen molar-refractivity contribution in [3.8, 4) is 0 Å². The minimum Gasteiger partial charge on any atom is -0.481 e. The molecule has 0 aliphatic carbocycles. The monoisotopic (exact) mass is 236 g/mol. The molecule has 1 aromatic carbocycles. The lowest BCUT2D eigenvalue weighted by Gasteiger charge is -2.10. The highest BCUT2D eigenvalue weighted by molar-refractivity contribution is 8.00. The molecule has 1 N–H and O–H groups in total. The van der Waals surface area contributed by atoms with Crippen LogP contribution in [0.2, 0.25) is 0 Å². The normalized spacial score (nSPS) is 11.4. The van der Waals surface area contributed by atoms with Crippen LogP contribution in [0.1, 0.15) is 5.56 Å². The fraction of sp³-hybridized carbons (Fsp3) is 0.222. The molecule has 6 heteroatoms. The van der Waals surface area contributed by atoms with E-state index >= 15 is 0 Å². The maximum Gasteiger partial charge on any atom is 0.417 e. The number of halogens is 3. The van der Waals surface area contributed by atoms with E-state index in [1.165, 1.54) is 18.2 Å². The lowest BCUT2D eigenvalue weighted by molar-refractivity contribution is -0.140. The van der Waals surface area contributed by atoms with E-state index in [9.17, 15) is 18.0 Å². The Hall–Kier alpha value is -1.17. The van der Waals surface area contributed by atoms with Gasteiger partial charge in [-0.3, -0.25) is 4.79 Å². The lowest BCUT2D eigenvalue weighted by Crippen LogP contribution is -2.07. The fourth-order valence-electron chi connectivity index (χ4n) is 0.966. The molecule has 0 saturated heterocycles. The summed E-state index contributed by atoms with van der Waals surface area (Å²) in [5.41, 5.74) is -0.795. The second-order valence-corrected chi connectivity index (χ2v) is 3.69. The van der Waals surface area contributed by atoms with E-state index < -0.39 is 17.7 Å². The average molecular weight is 236 g/mol. The summed E-state index contributed by atoms with van der Waals surface area (Å²) in [5, 5.41) is 8.37. The van der Waals surface area contributed by atoms with Crippen LogP contribution in [-0.4, -0.2) is 16.8 Å². The zero-order valence-corrected chi connectivity index (χ0v) is 8.23. The Balaban J connectivity index is 2.92. The summed E-state index contributed by atoms with van der Waals surface area (Å²) in [6, 6.07) is 4.91. The Labute approximate surface area is 88.1 Å². The molecule has 0 aliphatic rings. The topological polar surface area (TPSA) is 37.3 Å². The van der Waals surface area contributed by atoms with Gasteiger partial charge in [-0.05, 0) is 12.1 Å². The lowest BCUT2D eigenvalue weighted by atomic mass is 10.2. The van der Waals surface area contributed by atoms with E-state index in [2.05, 4.69) is 0 Å². The molecule has 0 bridgehead atoms. The van der Waals surface area contributed by atoms with Crippen LogP contribution in [0.3, 0.4) is 0 Å². The summed E-state index contributed by atoms with van der Waals surface area (Å²) in [6.07, 6.45) is -4.44. The summed E-state index contributed by atoms with van der Waals surface area (Å²) in [7, 11) is 0. The van der Waals surface area contributed by atoms with Gasteiger partial charge in [-0.15, -0.1) is 11.8 Å². The molecule has 1 aromatic rings. The van der Waals surface area contributed by atoms with Gasteiger partial charge in [-0.2, -0.15) is 13.2 Å². The zero-order valence-electron chi connectivity index (χ0n) is 7.41. The molecule has 15 heavy (non-hydrogen) atoms. The molecule has 2 nitrogen and oxygen atoms in total. The number of carbonyl (C=O) groups is 1. The Morgan fingerprint density at radius 2 is 1.93 bits per heavy atom. The van der Waals surface area contributed by atoms with Gasteiger partial charge in [0.25, 0.3) is 0 Å². The van der Waals surface area contributed by atoms with Gasteiger partial charge in [0.15, 0.2) is 0 Å². The number of rotatable bonds is 3. The number of carboxylic acids is 1. The fourth-order valence-corrected chi connectivity index (χ4v) is 1.76. The third-order valence-electron chi connectivity index (χ3n) is 1.54. The largest absolute Gasteiger partial charge is 0.481 e. The quantitative estimate of drug-likeness (QED) is 0.820. The number of hydrogen-bond donors (Lipinski definition) is 1. The number of hydrogen-bond acceptors (Lipinski definition) is 2. The Kier molecular flexibility index (Phi) is 3.62. The molecule has 0 heterocycles. The SMILES string of the molecule is O=C(O)CSc1ccccc1C(F)(F)F. The standard InChI is InChI=1S/C9H7F3O2S/c10-9(11,12)6-3-1-2-4-7(6)15-5-8(13)14/h1-4H,5H2,(H,13,14). The van der Waals surface area contributed by atoms with Gasteiger partial charge < -0.3 is 5.11 Å². The van der Waals surface area contributed by atoms with E-state index in [0.717, 1.165) is 6.07 Å². The molecule has 82 valence electrons. The summed E-state index contributed by atoms with van der Waals surface area (Å²) in [6.45, 7) is 0. The predicted molar refractivity (Wildman–Crippen MR) is 49.8 cm³/mol. The van der Waals surface area contributed by atoms with Gasteiger partial charge in [0.05, 0.1) is 11.3 Å². The minimum absolute atomic E-state index is 0.0626. The maximum atomic E-state index is 12.4. The molecule has 0 aromatic heterocycles. The van der Waals surface area contributed by atoms with Crippen LogP contribution in [0.4, 0.5) is 13.2 Å². The highest BCUT2D eigenvalue weighted by Gasteiger charge is 2.33. The van der Waals surface area contributed by atoms with Gasteiger partial charge in [0.2, 0.25) is 0 Å². The first-order valence-corrected chi connectivity index (χ1v) is 4.90. The van der Waals surface area contributed by atoms with Crippen LogP contribution in [0, 0.1) is 0 Å². The van der Waals surface area contributed by atoms with Crippen LogP contribution in [0.25, 0.3) is 0 Å². The number of aliphatic carboxylic acids is 1. The third-order valence-corrected chi connectivity index (χ3v) is 2.60. The molecular formula is C9H7F3O2S. The van der Waals surface area contributed by atoms with Gasteiger partial charge >= 0.3 is 12.1 Å². The Morgan fingerprint density at radius 3 is 2.47 bits per heavy atom. The van der Waals surface area contributed by atoms with E-state index in [4.69, 9.17) is 5.11 Å². The van der Waals surface area contributed by atoms with Crippen molar-refractivity contribution in [1.29, 1.82) is 0 Å². The van der Waals surface area contributed by atoms with Crippen LogP contribution in [0.5, 0.6) is 0 Å². The Bertz CT molecular complexity index is 363. The second kappa shape index (κ2) is 4.57. The highest BCUT2D eigenvalue weighted by Crippen LogP contribution is 2.36.